The van der Waals surface area contributed by atoms with Crippen LogP contribution in [0.5, 0.6) is 23.0 Å². The highest BCUT2D eigenvalue weighted by Gasteiger charge is 2.10. The van der Waals surface area contributed by atoms with Crippen molar-refractivity contribution in [1.82, 2.24) is 10.2 Å². The molecule has 9 heteroatoms. The van der Waals surface area contributed by atoms with E-state index < -0.39 is 0 Å². The van der Waals surface area contributed by atoms with E-state index >= 15 is 0 Å². The maximum Gasteiger partial charge on any atom is 0.246 e. The monoisotopic (exact) mass is 469 g/mol. The average Bonchev–Trinajstić information content (AvgIpc) is 2.82. The second-order valence-electron chi connectivity index (χ2n) is 7.63. The Morgan fingerprint density at radius 2 is 1.35 bits per heavy atom. The van der Waals surface area contributed by atoms with Gasteiger partial charge >= 0.3 is 0 Å². The van der Waals surface area contributed by atoms with Gasteiger partial charge in [-0.1, -0.05) is 12.1 Å². The zero-order chi connectivity index (χ0) is 24.9. The van der Waals surface area contributed by atoms with Crippen LogP contribution in [0.2, 0.25) is 0 Å². The Labute approximate surface area is 198 Å². The Balaban J connectivity index is 1.78. The molecule has 0 atom stereocenters. The van der Waals surface area contributed by atoms with E-state index in [2.05, 4.69) is 5.32 Å². The number of carbonyl (C=O) groups excluding carboxylic acids is 2. The summed E-state index contributed by atoms with van der Waals surface area (Å²) < 4.78 is 0. The van der Waals surface area contributed by atoms with Crippen LogP contribution < -0.4 is 11.1 Å². The SMILES string of the molecule is NCCCN(CCCCNC(=O)/C=C/c1ccc(O)c(O)c1)C(=O)/C=C/c1ccc(O)c(O)c1. The van der Waals surface area contributed by atoms with Crippen LogP contribution in [0.4, 0.5) is 0 Å². The minimum atomic E-state index is -0.288. The fraction of sp³-hybridized carbons (Fsp3) is 0.280. The van der Waals surface area contributed by atoms with Crippen LogP contribution in [-0.2, 0) is 9.59 Å². The molecule has 2 rings (SSSR count). The van der Waals surface area contributed by atoms with Crippen LogP contribution in [-0.4, -0.2) is 63.3 Å². The third kappa shape index (κ3) is 8.87. The van der Waals surface area contributed by atoms with Crippen LogP contribution in [0, 0.1) is 0 Å². The molecule has 0 fully saturated rings. The number of carbonyl (C=O) groups is 2. The van der Waals surface area contributed by atoms with Gasteiger partial charge in [0, 0.05) is 31.8 Å². The van der Waals surface area contributed by atoms with E-state index in [-0.39, 0.29) is 34.8 Å². The number of nitrogens with two attached hydrogens (primary N) is 1. The molecule has 7 N–H and O–H groups in total. The average molecular weight is 470 g/mol. The van der Waals surface area contributed by atoms with Crippen LogP contribution >= 0.6 is 0 Å². The van der Waals surface area contributed by atoms with Crippen molar-refractivity contribution in [3.63, 3.8) is 0 Å². The summed E-state index contributed by atoms with van der Waals surface area (Å²) in [6.07, 6.45) is 7.86. The van der Waals surface area contributed by atoms with Gasteiger partial charge in [-0.15, -0.1) is 0 Å². The van der Waals surface area contributed by atoms with Crippen molar-refractivity contribution in [1.29, 1.82) is 0 Å². The van der Waals surface area contributed by atoms with Gasteiger partial charge in [-0.25, -0.2) is 0 Å². The maximum absolute atomic E-state index is 12.6. The number of benzene rings is 2. The number of nitrogens with zero attached hydrogens (tertiary/aromatic N) is 1. The van der Waals surface area contributed by atoms with Crippen LogP contribution in [0.1, 0.15) is 30.4 Å². The Bertz CT molecular complexity index is 1040. The lowest BCUT2D eigenvalue weighted by molar-refractivity contribution is -0.126. The summed E-state index contributed by atoms with van der Waals surface area (Å²) in [6.45, 7) is 1.91. The molecular formula is C25H31N3O6. The third-order valence-corrected chi connectivity index (χ3v) is 4.94. The Hall–Kier alpha value is -3.98. The largest absolute Gasteiger partial charge is 0.504 e. The number of hydrogen-bond donors (Lipinski definition) is 6. The van der Waals surface area contributed by atoms with Gasteiger partial charge in [0.05, 0.1) is 0 Å². The zero-order valence-corrected chi connectivity index (χ0v) is 18.9. The van der Waals surface area contributed by atoms with E-state index in [0.717, 1.165) is 0 Å². The van der Waals surface area contributed by atoms with Gasteiger partial charge < -0.3 is 36.4 Å². The first-order chi connectivity index (χ1) is 16.3. The van der Waals surface area contributed by atoms with E-state index in [1.807, 2.05) is 0 Å². The first-order valence-corrected chi connectivity index (χ1v) is 11.0. The highest BCUT2D eigenvalue weighted by Crippen LogP contribution is 2.26. The fourth-order valence-electron chi connectivity index (χ4n) is 3.05. The van der Waals surface area contributed by atoms with Crippen molar-refractivity contribution in [2.24, 2.45) is 5.73 Å². The molecule has 0 bridgehead atoms. The molecule has 9 nitrogen and oxygen atoms in total. The molecule has 0 spiro atoms. The second kappa shape index (κ2) is 13.5. The van der Waals surface area contributed by atoms with Gasteiger partial charge in [0.2, 0.25) is 11.8 Å². The zero-order valence-electron chi connectivity index (χ0n) is 18.9. The molecule has 0 heterocycles. The number of phenols is 4. The number of aromatic hydroxyl groups is 4. The Kier molecular flexibility index (Phi) is 10.5. The molecule has 0 saturated heterocycles. The van der Waals surface area contributed by atoms with Gasteiger partial charge in [-0.05, 0) is 73.4 Å². The molecule has 2 aromatic carbocycles. The molecule has 0 aliphatic rings. The van der Waals surface area contributed by atoms with Gasteiger partial charge in [-0.2, -0.15) is 0 Å². The molecule has 0 aliphatic heterocycles. The summed E-state index contributed by atoms with van der Waals surface area (Å²) in [5, 5.41) is 40.5. The number of unbranched alkanes of at least 4 members (excludes halogenated alkanes) is 1. The number of phenolic OH excluding ortho intramolecular Hbond substituents is 4. The van der Waals surface area contributed by atoms with E-state index in [1.165, 1.54) is 42.5 Å². The molecule has 0 unspecified atom stereocenters. The molecule has 182 valence electrons. The van der Waals surface area contributed by atoms with Crippen molar-refractivity contribution >= 4 is 24.0 Å². The number of hydrogen-bond acceptors (Lipinski definition) is 7. The highest BCUT2D eigenvalue weighted by molar-refractivity contribution is 5.92. The lowest BCUT2D eigenvalue weighted by Crippen LogP contribution is -2.33. The minimum absolute atomic E-state index is 0.190. The molecule has 0 radical (unpaired) electrons. The smallest absolute Gasteiger partial charge is 0.246 e. The molecule has 0 saturated carbocycles. The molecule has 2 aromatic rings. The summed E-state index contributed by atoms with van der Waals surface area (Å²) in [6, 6.07) is 8.57. The van der Waals surface area contributed by atoms with Crippen molar-refractivity contribution in [3.8, 4) is 23.0 Å². The van der Waals surface area contributed by atoms with Crippen LogP contribution in [0.25, 0.3) is 12.2 Å². The van der Waals surface area contributed by atoms with Crippen LogP contribution in [0.15, 0.2) is 48.6 Å². The van der Waals surface area contributed by atoms with Crippen LogP contribution in [0.3, 0.4) is 0 Å². The molecule has 0 aliphatic carbocycles. The van der Waals surface area contributed by atoms with Crippen molar-refractivity contribution in [3.05, 3.63) is 59.7 Å². The predicted molar refractivity (Wildman–Crippen MR) is 130 cm³/mol. The summed E-state index contributed by atoms with van der Waals surface area (Å²) in [7, 11) is 0. The summed E-state index contributed by atoms with van der Waals surface area (Å²) in [5.41, 5.74) is 6.74. The standard InChI is InChI=1S/C25H31N3O6/c26-12-3-15-28(25(34)11-7-19-5-9-21(30)23(32)17-19)14-2-1-13-27-24(33)10-6-18-4-8-20(29)22(31)16-18/h4-11,16-17,29-32H,1-3,12-15,26H2,(H,27,33)/b10-6+,11-7+. The first-order valence-electron chi connectivity index (χ1n) is 11.0. The van der Waals surface area contributed by atoms with Crippen molar-refractivity contribution in [2.75, 3.05) is 26.2 Å². The quantitative estimate of drug-likeness (QED) is 0.158. The van der Waals surface area contributed by atoms with E-state index in [1.54, 1.807) is 23.1 Å². The predicted octanol–water partition coefficient (Wildman–Crippen LogP) is 2.31. The second-order valence-corrected chi connectivity index (χ2v) is 7.63. The normalized spacial score (nSPS) is 11.2. The van der Waals surface area contributed by atoms with Crippen molar-refractivity contribution < 1.29 is 30.0 Å². The molecular weight excluding hydrogens is 438 g/mol. The number of rotatable bonds is 12. The van der Waals surface area contributed by atoms with E-state index in [9.17, 15) is 30.0 Å². The van der Waals surface area contributed by atoms with E-state index in [4.69, 9.17) is 5.73 Å². The molecule has 2 amide bonds. The summed E-state index contributed by atoms with van der Waals surface area (Å²) >= 11 is 0. The maximum atomic E-state index is 12.6. The summed E-state index contributed by atoms with van der Waals surface area (Å²) in [4.78, 5) is 26.2. The lowest BCUT2D eigenvalue weighted by Gasteiger charge is -2.21. The van der Waals surface area contributed by atoms with E-state index in [0.29, 0.717) is 56.6 Å². The number of nitrogens with one attached hydrogen (secondary N) is 1. The Morgan fingerprint density at radius 3 is 1.91 bits per heavy atom. The highest BCUT2D eigenvalue weighted by atomic mass is 16.3. The third-order valence-electron chi connectivity index (χ3n) is 4.94. The Morgan fingerprint density at radius 1 is 0.794 bits per heavy atom. The van der Waals surface area contributed by atoms with Gasteiger partial charge in [-0.3, -0.25) is 9.59 Å². The first kappa shape index (κ1) is 26.3. The van der Waals surface area contributed by atoms with Gasteiger partial charge in [0.1, 0.15) is 0 Å². The summed E-state index contributed by atoms with van der Waals surface area (Å²) in [5.74, 6) is -1.44. The van der Waals surface area contributed by atoms with Gasteiger partial charge in [0.25, 0.3) is 0 Å². The lowest BCUT2D eigenvalue weighted by atomic mass is 10.2. The molecule has 0 aromatic heterocycles. The molecule has 34 heavy (non-hydrogen) atoms. The number of amides is 2. The van der Waals surface area contributed by atoms with Crippen molar-refractivity contribution in [2.45, 2.75) is 19.3 Å². The topological polar surface area (TPSA) is 156 Å². The van der Waals surface area contributed by atoms with Gasteiger partial charge in [0.15, 0.2) is 23.0 Å². The fourth-order valence-corrected chi connectivity index (χ4v) is 3.05. The minimum Gasteiger partial charge on any atom is -0.504 e.